The molecule has 0 amide bonds. The molecule has 0 fully saturated rings. The highest BCUT2D eigenvalue weighted by molar-refractivity contribution is 9.11. The van der Waals surface area contributed by atoms with E-state index in [2.05, 4.69) is 47.3 Å². The van der Waals surface area contributed by atoms with Gasteiger partial charge in [-0.2, -0.15) is 9.97 Å². The second-order valence-electron chi connectivity index (χ2n) is 3.27. The summed E-state index contributed by atoms with van der Waals surface area (Å²) >= 11 is 6.75. The first kappa shape index (κ1) is 13.1. The Kier molecular flexibility index (Phi) is 4.00. The average Bonchev–Trinajstić information content (AvgIpc) is 2.32. The van der Waals surface area contributed by atoms with E-state index < -0.39 is 0 Å². The molecule has 0 aliphatic carbocycles. The van der Waals surface area contributed by atoms with Crippen LogP contribution in [0.3, 0.4) is 0 Å². The molecule has 2 aromatic rings. The minimum Gasteiger partial charge on any atom is -0.438 e. The Morgan fingerprint density at radius 3 is 2.61 bits per heavy atom. The molecule has 5 N–H and O–H groups in total. The highest BCUT2D eigenvalue weighted by Gasteiger charge is 2.07. The van der Waals surface area contributed by atoms with Gasteiger partial charge < -0.3 is 15.9 Å². The molecule has 0 saturated carbocycles. The van der Waals surface area contributed by atoms with Crippen molar-refractivity contribution in [3.63, 3.8) is 0 Å². The van der Waals surface area contributed by atoms with Crippen LogP contribution in [-0.4, -0.2) is 9.97 Å². The minimum atomic E-state index is 0.0775. The van der Waals surface area contributed by atoms with Gasteiger partial charge in [0.05, 0.1) is 4.47 Å². The monoisotopic (exact) mass is 373 g/mol. The van der Waals surface area contributed by atoms with Crippen LogP contribution in [0.15, 0.2) is 33.2 Å². The van der Waals surface area contributed by atoms with Crippen LogP contribution >= 0.6 is 31.9 Å². The van der Waals surface area contributed by atoms with E-state index in [-0.39, 0.29) is 5.95 Å². The number of aromatic nitrogens is 2. The lowest BCUT2D eigenvalue weighted by Crippen LogP contribution is -2.10. The Hall–Kier alpha value is -1.38. The van der Waals surface area contributed by atoms with Crippen molar-refractivity contribution in [1.82, 2.24) is 9.97 Å². The van der Waals surface area contributed by atoms with E-state index in [1.165, 1.54) is 0 Å². The molecular formula is C10H9Br2N5O. The fraction of sp³-hybridized carbons (Fsp3) is 0. The molecule has 94 valence electrons. The Morgan fingerprint density at radius 1 is 1.17 bits per heavy atom. The molecule has 0 aliphatic heterocycles. The van der Waals surface area contributed by atoms with Crippen molar-refractivity contribution in [3.05, 3.63) is 33.2 Å². The number of ether oxygens (including phenoxy) is 1. The molecule has 0 saturated heterocycles. The molecule has 18 heavy (non-hydrogen) atoms. The van der Waals surface area contributed by atoms with E-state index in [1.54, 1.807) is 12.1 Å². The molecule has 0 radical (unpaired) electrons. The van der Waals surface area contributed by atoms with Crippen LogP contribution in [0.1, 0.15) is 0 Å². The van der Waals surface area contributed by atoms with E-state index >= 15 is 0 Å². The van der Waals surface area contributed by atoms with Gasteiger partial charge in [-0.05, 0) is 34.1 Å². The van der Waals surface area contributed by atoms with Crippen molar-refractivity contribution >= 4 is 43.6 Å². The zero-order chi connectivity index (χ0) is 13.1. The lowest BCUT2D eigenvalue weighted by Gasteiger charge is -2.08. The van der Waals surface area contributed by atoms with Gasteiger partial charge in [0.25, 0.3) is 0 Å². The molecule has 1 aromatic carbocycles. The summed E-state index contributed by atoms with van der Waals surface area (Å²) in [5.74, 6) is 6.64. The quantitative estimate of drug-likeness (QED) is 0.564. The second-order valence-corrected chi connectivity index (χ2v) is 5.04. The topological polar surface area (TPSA) is 99.1 Å². The predicted molar refractivity (Wildman–Crippen MR) is 76.2 cm³/mol. The molecule has 0 unspecified atom stereocenters. The van der Waals surface area contributed by atoms with Gasteiger partial charge in [0.2, 0.25) is 11.8 Å². The number of nitrogens with two attached hydrogens (primary N) is 2. The van der Waals surface area contributed by atoms with E-state index in [0.29, 0.717) is 17.4 Å². The number of nitrogen functional groups attached to an aromatic ring is 2. The molecule has 2 rings (SSSR count). The van der Waals surface area contributed by atoms with E-state index in [9.17, 15) is 0 Å². The molecule has 8 heteroatoms. The van der Waals surface area contributed by atoms with Crippen LogP contribution in [-0.2, 0) is 0 Å². The van der Waals surface area contributed by atoms with Gasteiger partial charge in [-0.25, -0.2) is 5.84 Å². The maximum atomic E-state index is 5.59. The molecule has 0 bridgehead atoms. The zero-order valence-corrected chi connectivity index (χ0v) is 12.2. The third-order valence-corrected chi connectivity index (χ3v) is 3.09. The van der Waals surface area contributed by atoms with Gasteiger partial charge in [-0.1, -0.05) is 15.9 Å². The van der Waals surface area contributed by atoms with Crippen molar-refractivity contribution < 1.29 is 4.74 Å². The largest absolute Gasteiger partial charge is 0.438 e. The molecular weight excluding hydrogens is 366 g/mol. The first-order valence-corrected chi connectivity index (χ1v) is 6.41. The van der Waals surface area contributed by atoms with Gasteiger partial charge in [0.1, 0.15) is 11.6 Å². The van der Waals surface area contributed by atoms with Crippen molar-refractivity contribution in [2.75, 3.05) is 11.2 Å². The number of hydrogen-bond acceptors (Lipinski definition) is 6. The fourth-order valence-corrected chi connectivity index (χ4v) is 2.37. The van der Waals surface area contributed by atoms with Gasteiger partial charge in [-0.15, -0.1) is 0 Å². The number of hydrogen-bond donors (Lipinski definition) is 3. The third kappa shape index (κ3) is 3.09. The predicted octanol–water partition coefficient (Wildman–Crippen LogP) is 2.66. The maximum absolute atomic E-state index is 5.59. The van der Waals surface area contributed by atoms with Gasteiger partial charge in [-0.3, -0.25) is 0 Å². The van der Waals surface area contributed by atoms with Crippen LogP contribution in [0.4, 0.5) is 11.8 Å². The van der Waals surface area contributed by atoms with E-state index in [0.717, 1.165) is 8.95 Å². The number of benzene rings is 1. The molecule has 0 atom stereocenters. The number of anilines is 2. The summed E-state index contributed by atoms with van der Waals surface area (Å²) in [5, 5.41) is 0. The zero-order valence-electron chi connectivity index (χ0n) is 9.02. The standard InChI is InChI=1S/C10H9Br2N5O/c11-5-1-2-7(6(12)3-5)18-9-4-8(17-14)15-10(13)16-9/h1-4H,14H2,(H3,13,15,16,17). The van der Waals surface area contributed by atoms with Crippen molar-refractivity contribution in [3.8, 4) is 11.6 Å². The van der Waals surface area contributed by atoms with Gasteiger partial charge in [0.15, 0.2) is 0 Å². The number of hydrazine groups is 1. The SMILES string of the molecule is NNc1cc(Oc2ccc(Br)cc2Br)nc(N)n1. The molecule has 0 spiro atoms. The van der Waals surface area contributed by atoms with Crippen LogP contribution in [0.25, 0.3) is 0 Å². The summed E-state index contributed by atoms with van der Waals surface area (Å²) in [6.45, 7) is 0. The molecule has 0 aliphatic rings. The Balaban J connectivity index is 2.30. The molecule has 1 heterocycles. The van der Waals surface area contributed by atoms with E-state index in [4.69, 9.17) is 16.3 Å². The highest BCUT2D eigenvalue weighted by Crippen LogP contribution is 2.31. The van der Waals surface area contributed by atoms with Crippen molar-refractivity contribution in [1.29, 1.82) is 0 Å². The second kappa shape index (κ2) is 5.51. The lowest BCUT2D eigenvalue weighted by molar-refractivity contribution is 0.460. The third-order valence-electron chi connectivity index (χ3n) is 1.98. The van der Waals surface area contributed by atoms with Crippen molar-refractivity contribution in [2.45, 2.75) is 0 Å². The number of halogens is 2. The summed E-state index contributed by atoms with van der Waals surface area (Å²) in [4.78, 5) is 7.82. The Labute approximate surface area is 120 Å². The van der Waals surface area contributed by atoms with Crippen LogP contribution in [0, 0.1) is 0 Å². The Morgan fingerprint density at radius 2 is 1.94 bits per heavy atom. The summed E-state index contributed by atoms with van der Waals surface area (Å²) in [5.41, 5.74) is 7.92. The summed E-state index contributed by atoms with van der Waals surface area (Å²) in [6.07, 6.45) is 0. The first-order valence-electron chi connectivity index (χ1n) is 4.82. The summed E-state index contributed by atoms with van der Waals surface area (Å²) in [7, 11) is 0. The molecule has 1 aromatic heterocycles. The normalized spacial score (nSPS) is 10.2. The summed E-state index contributed by atoms with van der Waals surface area (Å²) in [6, 6.07) is 7.06. The van der Waals surface area contributed by atoms with Crippen LogP contribution in [0.2, 0.25) is 0 Å². The van der Waals surface area contributed by atoms with Crippen molar-refractivity contribution in [2.24, 2.45) is 5.84 Å². The average molecular weight is 375 g/mol. The van der Waals surface area contributed by atoms with E-state index in [1.807, 2.05) is 12.1 Å². The Bertz CT molecular complexity index is 578. The van der Waals surface area contributed by atoms with Gasteiger partial charge in [0, 0.05) is 10.5 Å². The maximum Gasteiger partial charge on any atom is 0.226 e. The fourth-order valence-electron chi connectivity index (χ4n) is 1.24. The van der Waals surface area contributed by atoms with Crippen LogP contribution in [0.5, 0.6) is 11.6 Å². The lowest BCUT2D eigenvalue weighted by atomic mass is 10.3. The smallest absolute Gasteiger partial charge is 0.226 e. The van der Waals surface area contributed by atoms with Gasteiger partial charge >= 0.3 is 0 Å². The van der Waals surface area contributed by atoms with Crippen LogP contribution < -0.4 is 21.7 Å². The highest BCUT2D eigenvalue weighted by atomic mass is 79.9. The first-order chi connectivity index (χ1) is 8.58. The number of rotatable bonds is 3. The summed E-state index contributed by atoms with van der Waals surface area (Å²) < 4.78 is 7.32. The minimum absolute atomic E-state index is 0.0775. The number of nitrogens with zero attached hydrogens (tertiary/aromatic N) is 2. The molecule has 6 nitrogen and oxygen atoms in total. The number of nitrogens with one attached hydrogen (secondary N) is 1.